The van der Waals surface area contributed by atoms with Crippen molar-refractivity contribution in [3.8, 4) is 0 Å². The molecule has 1 aliphatic rings. The van der Waals surface area contributed by atoms with Gasteiger partial charge in [0.2, 0.25) is 0 Å². The normalized spacial score (nSPS) is 17.8. The van der Waals surface area contributed by atoms with E-state index in [2.05, 4.69) is 15.3 Å². The SMILES string of the molecule is C/C(N)=C1\C(=O)NCCC1=Nc1ccnc(Cc2cc(F)c(Cl)c(C(F)(F)F)c2)c1. The first-order valence-corrected chi connectivity index (χ1v) is 9.26. The van der Waals surface area contributed by atoms with Crippen LogP contribution in [-0.2, 0) is 17.4 Å². The summed E-state index contributed by atoms with van der Waals surface area (Å²) in [6, 6.07) is 4.90. The van der Waals surface area contributed by atoms with Gasteiger partial charge in [-0.15, -0.1) is 0 Å². The highest BCUT2D eigenvalue weighted by Crippen LogP contribution is 2.37. The molecule has 10 heteroatoms. The van der Waals surface area contributed by atoms with E-state index >= 15 is 0 Å². The molecule has 1 aromatic heterocycles. The van der Waals surface area contributed by atoms with Crippen LogP contribution in [0.1, 0.15) is 30.2 Å². The van der Waals surface area contributed by atoms with E-state index in [0.717, 1.165) is 12.1 Å². The van der Waals surface area contributed by atoms with E-state index in [1.807, 2.05) is 0 Å². The van der Waals surface area contributed by atoms with Crippen molar-refractivity contribution >= 4 is 28.9 Å². The smallest absolute Gasteiger partial charge is 0.402 e. The lowest BCUT2D eigenvalue weighted by molar-refractivity contribution is -0.137. The Morgan fingerprint density at radius 1 is 1.33 bits per heavy atom. The lowest BCUT2D eigenvalue weighted by Crippen LogP contribution is -2.37. The minimum atomic E-state index is -4.78. The van der Waals surface area contributed by atoms with Gasteiger partial charge in [0, 0.05) is 37.0 Å². The van der Waals surface area contributed by atoms with Gasteiger partial charge in [-0.3, -0.25) is 14.8 Å². The van der Waals surface area contributed by atoms with Crippen molar-refractivity contribution < 1.29 is 22.4 Å². The fourth-order valence-electron chi connectivity index (χ4n) is 3.11. The largest absolute Gasteiger partial charge is 0.417 e. The molecule has 1 amide bonds. The topological polar surface area (TPSA) is 80.4 Å². The maximum atomic E-state index is 13.9. The van der Waals surface area contributed by atoms with Crippen molar-refractivity contribution in [3.05, 3.63) is 69.4 Å². The molecule has 3 N–H and O–H groups in total. The average molecular weight is 441 g/mol. The maximum Gasteiger partial charge on any atom is 0.417 e. The van der Waals surface area contributed by atoms with Gasteiger partial charge in [-0.05, 0) is 36.8 Å². The minimum Gasteiger partial charge on any atom is -0.402 e. The molecule has 1 aromatic carbocycles. The molecule has 2 heterocycles. The van der Waals surface area contributed by atoms with Crippen LogP contribution in [0.2, 0.25) is 5.02 Å². The number of benzene rings is 1. The van der Waals surface area contributed by atoms with Gasteiger partial charge in [0.15, 0.2) is 0 Å². The summed E-state index contributed by atoms with van der Waals surface area (Å²) in [5.74, 6) is -1.47. The number of aliphatic imine (C=N–C) groups is 1. The van der Waals surface area contributed by atoms with Gasteiger partial charge >= 0.3 is 6.18 Å². The Morgan fingerprint density at radius 3 is 2.73 bits per heavy atom. The number of aromatic nitrogens is 1. The van der Waals surface area contributed by atoms with Crippen molar-refractivity contribution in [2.24, 2.45) is 10.7 Å². The molecule has 1 saturated heterocycles. The summed E-state index contributed by atoms with van der Waals surface area (Å²) in [5, 5.41) is 1.73. The number of piperidine rings is 1. The highest BCUT2D eigenvalue weighted by molar-refractivity contribution is 6.31. The first-order chi connectivity index (χ1) is 14.1. The second-order valence-corrected chi connectivity index (χ2v) is 7.12. The number of rotatable bonds is 3. The lowest BCUT2D eigenvalue weighted by atomic mass is 10.0. The molecule has 1 fully saturated rings. The van der Waals surface area contributed by atoms with Crippen molar-refractivity contribution in [2.45, 2.75) is 25.9 Å². The first-order valence-electron chi connectivity index (χ1n) is 8.89. The number of hydrogen-bond donors (Lipinski definition) is 2. The Balaban J connectivity index is 1.93. The van der Waals surface area contributed by atoms with Crippen molar-refractivity contribution in [1.29, 1.82) is 0 Å². The van der Waals surface area contributed by atoms with E-state index in [-0.39, 0.29) is 17.9 Å². The zero-order valence-corrected chi connectivity index (χ0v) is 16.5. The Labute approximate surface area is 174 Å². The van der Waals surface area contributed by atoms with Gasteiger partial charge < -0.3 is 11.1 Å². The number of hydrogen-bond acceptors (Lipinski definition) is 4. The third-order valence-corrected chi connectivity index (χ3v) is 4.78. The predicted octanol–water partition coefficient (Wildman–Crippen LogP) is 4.31. The van der Waals surface area contributed by atoms with Gasteiger partial charge in [0.05, 0.1) is 27.6 Å². The molecule has 0 atom stereocenters. The molecule has 0 radical (unpaired) electrons. The van der Waals surface area contributed by atoms with Crippen LogP contribution in [0.15, 0.2) is 46.7 Å². The summed E-state index contributed by atoms with van der Waals surface area (Å²) in [6.45, 7) is 2.01. The van der Waals surface area contributed by atoms with Gasteiger partial charge in [-0.25, -0.2) is 4.39 Å². The number of nitrogens with one attached hydrogen (secondary N) is 1. The van der Waals surface area contributed by atoms with Crippen molar-refractivity contribution in [2.75, 3.05) is 6.54 Å². The molecule has 158 valence electrons. The Hall–Kier alpha value is -2.94. The molecule has 2 aromatic rings. The third-order valence-electron chi connectivity index (χ3n) is 4.40. The summed E-state index contributed by atoms with van der Waals surface area (Å²) in [4.78, 5) is 20.6. The maximum absolute atomic E-state index is 13.9. The first kappa shape index (κ1) is 21.8. The highest BCUT2D eigenvalue weighted by Gasteiger charge is 2.35. The number of carbonyl (C=O) groups excluding carboxylic acids is 1. The molecule has 0 bridgehead atoms. The standard InChI is InChI=1S/C20H17ClF4N4O/c1-10(26)17-16(3-5-28-19(17)30)29-12-2-4-27-13(9-12)6-11-7-14(20(23,24)25)18(21)15(22)8-11/h2,4,7-9H,3,5-6,26H2,1H3,(H,28,30)/b17-10+,29-16?. The van der Waals surface area contributed by atoms with Crippen molar-refractivity contribution in [1.82, 2.24) is 10.3 Å². The zero-order chi connectivity index (χ0) is 22.1. The van der Waals surface area contributed by atoms with Crippen molar-refractivity contribution in [3.63, 3.8) is 0 Å². The molecule has 0 saturated carbocycles. The molecule has 3 rings (SSSR count). The summed E-state index contributed by atoms with van der Waals surface area (Å²) in [6.07, 6.45) is -2.92. The molecule has 0 spiro atoms. The molecule has 5 nitrogen and oxygen atoms in total. The Bertz CT molecular complexity index is 1060. The number of carbonyl (C=O) groups is 1. The second-order valence-electron chi connectivity index (χ2n) is 6.74. The van der Waals surface area contributed by atoms with E-state index in [9.17, 15) is 22.4 Å². The van der Waals surface area contributed by atoms with Crippen LogP contribution in [0, 0.1) is 5.82 Å². The van der Waals surface area contributed by atoms with Crippen LogP contribution in [0.5, 0.6) is 0 Å². The second kappa shape index (κ2) is 8.43. The van der Waals surface area contributed by atoms with Crippen LogP contribution in [0.4, 0.5) is 23.2 Å². The Morgan fingerprint density at radius 2 is 2.07 bits per heavy atom. The van der Waals surface area contributed by atoms with Gasteiger partial charge in [0.25, 0.3) is 5.91 Å². The van der Waals surface area contributed by atoms with Crippen LogP contribution in [0.25, 0.3) is 0 Å². The van der Waals surface area contributed by atoms with Crippen LogP contribution >= 0.6 is 11.6 Å². The number of allylic oxidation sites excluding steroid dienone is 1. The van der Waals surface area contributed by atoms with Gasteiger partial charge in [0.1, 0.15) is 5.82 Å². The summed E-state index contributed by atoms with van der Waals surface area (Å²) < 4.78 is 53.1. The number of halogens is 5. The predicted molar refractivity (Wildman–Crippen MR) is 105 cm³/mol. The summed E-state index contributed by atoms with van der Waals surface area (Å²) in [5.41, 5.74) is 6.59. The number of amides is 1. The minimum absolute atomic E-state index is 0.0606. The summed E-state index contributed by atoms with van der Waals surface area (Å²) >= 11 is 5.46. The van der Waals surface area contributed by atoms with E-state index in [0.29, 0.717) is 41.3 Å². The molecule has 0 aliphatic carbocycles. The van der Waals surface area contributed by atoms with Crippen LogP contribution in [0.3, 0.4) is 0 Å². The average Bonchev–Trinajstić information content (AvgIpc) is 2.63. The highest BCUT2D eigenvalue weighted by atomic mass is 35.5. The van der Waals surface area contributed by atoms with E-state index in [1.54, 1.807) is 19.1 Å². The van der Waals surface area contributed by atoms with E-state index in [4.69, 9.17) is 17.3 Å². The third kappa shape index (κ3) is 4.79. The van der Waals surface area contributed by atoms with Gasteiger partial charge in [-0.2, -0.15) is 13.2 Å². The molecule has 30 heavy (non-hydrogen) atoms. The van der Waals surface area contributed by atoms with Gasteiger partial charge in [-0.1, -0.05) is 11.6 Å². The molecule has 1 aliphatic heterocycles. The van der Waals surface area contributed by atoms with Crippen LogP contribution < -0.4 is 11.1 Å². The van der Waals surface area contributed by atoms with Crippen LogP contribution in [-0.4, -0.2) is 23.1 Å². The number of nitrogens with two attached hydrogens (primary N) is 1. The lowest BCUT2D eigenvalue weighted by Gasteiger charge is -2.18. The molecular formula is C20H17ClF4N4O. The number of pyridine rings is 1. The van der Waals surface area contributed by atoms with E-state index in [1.165, 1.54) is 6.20 Å². The summed E-state index contributed by atoms with van der Waals surface area (Å²) in [7, 11) is 0. The van der Waals surface area contributed by atoms with E-state index < -0.39 is 22.6 Å². The fraction of sp³-hybridized carbons (Fsp3) is 0.250. The number of alkyl halides is 3. The monoisotopic (exact) mass is 440 g/mol. The Kier molecular flexibility index (Phi) is 6.12. The number of nitrogens with zero attached hydrogens (tertiary/aromatic N) is 2. The zero-order valence-electron chi connectivity index (χ0n) is 15.8. The molecule has 0 unspecified atom stereocenters. The quantitative estimate of drug-likeness (QED) is 0.551. The molecular weight excluding hydrogens is 424 g/mol. The fourth-order valence-corrected chi connectivity index (χ4v) is 3.32.